The highest BCUT2D eigenvalue weighted by Crippen LogP contribution is 2.15. The molecule has 0 aliphatic heterocycles. The lowest BCUT2D eigenvalue weighted by molar-refractivity contribution is 0.964. The normalized spacial score (nSPS) is 10.1. The Bertz CT molecular complexity index is 526. The van der Waals surface area contributed by atoms with E-state index in [1.807, 2.05) is 18.2 Å². The fourth-order valence-corrected chi connectivity index (χ4v) is 1.53. The van der Waals surface area contributed by atoms with Crippen molar-refractivity contribution in [3.8, 4) is 0 Å². The van der Waals surface area contributed by atoms with Crippen LogP contribution in [0.3, 0.4) is 0 Å². The molecule has 2 N–H and O–H groups in total. The average molecular weight is 281 g/mol. The Balaban J connectivity index is 2.11. The van der Waals surface area contributed by atoms with E-state index < -0.39 is 0 Å². The minimum Gasteiger partial charge on any atom is -0.377 e. The lowest BCUT2D eigenvalue weighted by Gasteiger charge is -2.06. The van der Waals surface area contributed by atoms with Gasteiger partial charge in [0.15, 0.2) is 0 Å². The minimum absolute atomic E-state index is 0.258. The third-order valence-electron chi connectivity index (χ3n) is 1.98. The molecule has 2 rings (SSSR count). The summed E-state index contributed by atoms with van der Waals surface area (Å²) < 4.78 is 0.443. The van der Waals surface area contributed by atoms with E-state index in [2.05, 4.69) is 36.4 Å². The van der Waals surface area contributed by atoms with Crippen LogP contribution in [0.4, 0.5) is 5.69 Å². The highest BCUT2D eigenvalue weighted by molar-refractivity contribution is 9.10. The first-order valence-corrected chi connectivity index (χ1v) is 5.43. The van der Waals surface area contributed by atoms with E-state index in [0.29, 0.717) is 16.7 Å². The molecule has 0 bridgehead atoms. The maximum Gasteiger partial charge on any atom is 0.280 e. The van der Waals surface area contributed by atoms with Crippen molar-refractivity contribution in [2.24, 2.45) is 0 Å². The van der Waals surface area contributed by atoms with Gasteiger partial charge >= 0.3 is 0 Å². The molecule has 6 heteroatoms. The summed E-state index contributed by atoms with van der Waals surface area (Å²) in [6.07, 6.45) is 3.27. The Labute approximate surface area is 100 Å². The van der Waals surface area contributed by atoms with E-state index in [0.717, 1.165) is 5.69 Å². The molecule has 0 saturated carbocycles. The zero-order valence-corrected chi connectivity index (χ0v) is 9.86. The summed E-state index contributed by atoms with van der Waals surface area (Å²) in [5.41, 5.74) is 1.29. The fourth-order valence-electron chi connectivity index (χ4n) is 1.20. The third-order valence-corrected chi connectivity index (χ3v) is 2.77. The number of anilines is 1. The van der Waals surface area contributed by atoms with Gasteiger partial charge in [-0.3, -0.25) is 9.78 Å². The largest absolute Gasteiger partial charge is 0.377 e. The standard InChI is InChI=1S/C10H9BrN4O/c11-9-8(6-14-15-10(9)16)13-5-7-3-1-2-4-12-7/h1-4,6H,5H2,(H2,13,15,16). The van der Waals surface area contributed by atoms with Crippen LogP contribution >= 0.6 is 15.9 Å². The SMILES string of the molecule is O=c1[nH]ncc(NCc2ccccn2)c1Br. The van der Waals surface area contributed by atoms with Crippen molar-refractivity contribution < 1.29 is 0 Å². The molecule has 82 valence electrons. The second-order valence-electron chi connectivity index (χ2n) is 3.10. The molecule has 2 heterocycles. The van der Waals surface area contributed by atoms with Gasteiger partial charge < -0.3 is 5.32 Å². The molecule has 0 aliphatic rings. The predicted octanol–water partition coefficient (Wildman–Crippen LogP) is 1.54. The molecule has 16 heavy (non-hydrogen) atoms. The average Bonchev–Trinajstić information content (AvgIpc) is 2.32. The van der Waals surface area contributed by atoms with E-state index in [1.54, 1.807) is 12.4 Å². The van der Waals surface area contributed by atoms with Crippen LogP contribution in [-0.2, 0) is 6.54 Å². The van der Waals surface area contributed by atoms with E-state index in [4.69, 9.17) is 0 Å². The highest BCUT2D eigenvalue weighted by Gasteiger charge is 2.03. The van der Waals surface area contributed by atoms with Gasteiger partial charge in [0.1, 0.15) is 4.47 Å². The highest BCUT2D eigenvalue weighted by atomic mass is 79.9. The maximum atomic E-state index is 11.2. The van der Waals surface area contributed by atoms with Gasteiger partial charge in [-0.05, 0) is 28.1 Å². The van der Waals surface area contributed by atoms with Crippen LogP contribution in [0.5, 0.6) is 0 Å². The van der Waals surface area contributed by atoms with Crippen LogP contribution < -0.4 is 10.9 Å². The molecule has 0 radical (unpaired) electrons. The number of rotatable bonds is 3. The second kappa shape index (κ2) is 4.89. The van der Waals surface area contributed by atoms with E-state index >= 15 is 0 Å². The van der Waals surface area contributed by atoms with Crippen LogP contribution in [0.1, 0.15) is 5.69 Å². The molecular weight excluding hydrogens is 272 g/mol. The van der Waals surface area contributed by atoms with Crippen molar-refractivity contribution in [1.82, 2.24) is 15.2 Å². The van der Waals surface area contributed by atoms with Crippen molar-refractivity contribution >= 4 is 21.6 Å². The molecule has 0 amide bonds. The number of nitrogens with zero attached hydrogens (tertiary/aromatic N) is 2. The summed E-state index contributed by atoms with van der Waals surface area (Å²) in [6.45, 7) is 0.546. The molecule has 0 aliphatic carbocycles. The summed E-state index contributed by atoms with van der Waals surface area (Å²) in [7, 11) is 0. The lowest BCUT2D eigenvalue weighted by Crippen LogP contribution is -2.12. The third kappa shape index (κ3) is 2.46. The smallest absolute Gasteiger partial charge is 0.280 e. The summed E-state index contributed by atoms with van der Waals surface area (Å²) >= 11 is 3.19. The van der Waals surface area contributed by atoms with E-state index in [9.17, 15) is 4.79 Å². The van der Waals surface area contributed by atoms with Crippen molar-refractivity contribution in [3.05, 3.63) is 51.1 Å². The number of H-pyrrole nitrogens is 1. The monoisotopic (exact) mass is 280 g/mol. The number of halogens is 1. The Morgan fingerprint density at radius 1 is 1.44 bits per heavy atom. The fraction of sp³-hybridized carbons (Fsp3) is 0.100. The molecule has 2 aromatic rings. The zero-order chi connectivity index (χ0) is 11.4. The molecule has 0 saturated heterocycles. The van der Waals surface area contributed by atoms with Gasteiger partial charge in [0.05, 0.1) is 24.1 Å². The van der Waals surface area contributed by atoms with Crippen molar-refractivity contribution in [2.45, 2.75) is 6.54 Å². The number of hydrogen-bond acceptors (Lipinski definition) is 4. The van der Waals surface area contributed by atoms with E-state index in [-0.39, 0.29) is 5.56 Å². The summed E-state index contributed by atoms with van der Waals surface area (Å²) in [5, 5.41) is 9.12. The number of pyridine rings is 1. The van der Waals surface area contributed by atoms with Crippen LogP contribution in [0.25, 0.3) is 0 Å². The van der Waals surface area contributed by atoms with E-state index in [1.165, 1.54) is 0 Å². The first-order valence-electron chi connectivity index (χ1n) is 4.64. The number of aromatic nitrogens is 3. The van der Waals surface area contributed by atoms with Gasteiger partial charge in [0.2, 0.25) is 0 Å². The van der Waals surface area contributed by atoms with Crippen LogP contribution in [0.2, 0.25) is 0 Å². The first-order chi connectivity index (χ1) is 7.77. The van der Waals surface area contributed by atoms with Gasteiger partial charge in [-0.25, -0.2) is 5.10 Å². The van der Waals surface area contributed by atoms with Gasteiger partial charge in [0.25, 0.3) is 5.56 Å². The summed E-state index contributed by atoms with van der Waals surface area (Å²) in [6, 6.07) is 5.67. The molecule has 2 aromatic heterocycles. The Hall–Kier alpha value is -1.69. The van der Waals surface area contributed by atoms with Crippen molar-refractivity contribution in [1.29, 1.82) is 0 Å². The topological polar surface area (TPSA) is 70.7 Å². The number of aromatic amines is 1. The van der Waals surface area contributed by atoms with Crippen LogP contribution in [0, 0.1) is 0 Å². The number of nitrogens with one attached hydrogen (secondary N) is 2. The second-order valence-corrected chi connectivity index (χ2v) is 3.89. The van der Waals surface area contributed by atoms with Crippen molar-refractivity contribution in [2.75, 3.05) is 5.32 Å². The predicted molar refractivity (Wildman–Crippen MR) is 64.1 cm³/mol. The summed E-state index contributed by atoms with van der Waals surface area (Å²) in [4.78, 5) is 15.4. The molecule has 0 unspecified atom stereocenters. The Morgan fingerprint density at radius 3 is 3.06 bits per heavy atom. The molecule has 0 fully saturated rings. The zero-order valence-electron chi connectivity index (χ0n) is 8.27. The van der Waals surface area contributed by atoms with Gasteiger partial charge in [0, 0.05) is 6.20 Å². The van der Waals surface area contributed by atoms with Gasteiger partial charge in [-0.2, -0.15) is 5.10 Å². The first kappa shape index (κ1) is 10.8. The van der Waals surface area contributed by atoms with Gasteiger partial charge in [-0.1, -0.05) is 6.07 Å². The maximum absolute atomic E-state index is 11.2. The molecule has 0 spiro atoms. The van der Waals surface area contributed by atoms with Crippen LogP contribution in [0.15, 0.2) is 39.9 Å². The van der Waals surface area contributed by atoms with Gasteiger partial charge in [-0.15, -0.1) is 0 Å². The van der Waals surface area contributed by atoms with Crippen LogP contribution in [-0.4, -0.2) is 15.2 Å². The quantitative estimate of drug-likeness (QED) is 0.895. The molecule has 5 nitrogen and oxygen atoms in total. The lowest BCUT2D eigenvalue weighted by atomic mass is 10.3. The number of hydrogen-bond donors (Lipinski definition) is 2. The molecular formula is C10H9BrN4O. The minimum atomic E-state index is -0.258. The van der Waals surface area contributed by atoms with Crippen molar-refractivity contribution in [3.63, 3.8) is 0 Å². The Kier molecular flexibility index (Phi) is 3.31. The molecule has 0 aromatic carbocycles. The molecule has 0 atom stereocenters. The summed E-state index contributed by atoms with van der Waals surface area (Å²) in [5.74, 6) is 0. The Morgan fingerprint density at radius 2 is 2.31 bits per heavy atom.